The second-order valence-electron chi connectivity index (χ2n) is 9.27. The first-order valence-electron chi connectivity index (χ1n) is 12.2. The highest BCUT2D eigenvalue weighted by Gasteiger charge is 2.39. The Balaban J connectivity index is 1.26. The number of carbonyl (C=O) groups is 3. The maximum atomic E-state index is 13.3. The molecule has 0 spiro atoms. The Labute approximate surface area is 225 Å². The molecule has 0 saturated carbocycles. The number of imide groups is 1. The van der Waals surface area contributed by atoms with E-state index in [0.29, 0.717) is 29.0 Å². The van der Waals surface area contributed by atoms with Gasteiger partial charge in [-0.3, -0.25) is 9.59 Å². The highest BCUT2D eigenvalue weighted by atomic mass is 17.2. The number of anilines is 1. The highest BCUT2D eigenvalue weighted by Crippen LogP contribution is 2.39. The standard InChI is InChI=1S/C30H18N2O8/c1-37-25-9-6-17(12-23(25)32-28(33)20-7-4-18(30(35)36)10-21(20)29(32)34)27-31-22-11-15(5-8-24(22)39-27)16-2-3-19-14-38-40-26(19)13-16/h2-13H,14H2,1H3,(H,35,36). The molecule has 2 aliphatic heterocycles. The van der Waals surface area contributed by atoms with Crippen LogP contribution in [0.3, 0.4) is 0 Å². The lowest BCUT2D eigenvalue weighted by molar-refractivity contribution is -0.194. The number of carboxylic acid groups (broad SMARTS) is 1. The summed E-state index contributed by atoms with van der Waals surface area (Å²) >= 11 is 0. The smallest absolute Gasteiger partial charge is 0.335 e. The lowest BCUT2D eigenvalue weighted by Gasteiger charge is -2.18. The van der Waals surface area contributed by atoms with E-state index in [1.807, 2.05) is 36.4 Å². The number of methoxy groups -OCH3 is 1. The van der Waals surface area contributed by atoms with Gasteiger partial charge in [-0.05, 0) is 65.7 Å². The lowest BCUT2D eigenvalue weighted by atomic mass is 10.0. The van der Waals surface area contributed by atoms with Crippen LogP contribution in [0.25, 0.3) is 33.7 Å². The minimum atomic E-state index is -1.20. The maximum absolute atomic E-state index is 13.3. The molecule has 0 radical (unpaired) electrons. The Hall–Kier alpha value is -5.48. The number of ether oxygens (including phenoxy) is 1. The molecule has 4 aromatic carbocycles. The van der Waals surface area contributed by atoms with E-state index in [0.717, 1.165) is 21.6 Å². The van der Waals surface area contributed by atoms with Gasteiger partial charge in [-0.1, -0.05) is 18.2 Å². The first kappa shape index (κ1) is 23.6. The average molecular weight is 534 g/mol. The molecule has 0 saturated heterocycles. The highest BCUT2D eigenvalue weighted by molar-refractivity contribution is 6.35. The van der Waals surface area contributed by atoms with Crippen LogP contribution in [0.5, 0.6) is 11.5 Å². The SMILES string of the molecule is COc1ccc(-c2nc3cc(-c4ccc5c(c4)OOC5)ccc3o2)cc1N1C(=O)c2ccc(C(=O)O)cc2C1=O. The van der Waals surface area contributed by atoms with Crippen LogP contribution in [-0.4, -0.2) is 35.0 Å². The number of hydrogen-bond donors (Lipinski definition) is 1. The van der Waals surface area contributed by atoms with E-state index in [1.165, 1.54) is 25.3 Å². The molecule has 1 aromatic heterocycles. The fourth-order valence-corrected chi connectivity index (χ4v) is 4.91. The van der Waals surface area contributed by atoms with Crippen molar-refractivity contribution in [1.82, 2.24) is 4.98 Å². The zero-order chi connectivity index (χ0) is 27.5. The first-order valence-corrected chi connectivity index (χ1v) is 12.2. The van der Waals surface area contributed by atoms with Crippen molar-refractivity contribution in [2.75, 3.05) is 12.0 Å². The van der Waals surface area contributed by atoms with Crippen LogP contribution in [0.1, 0.15) is 36.6 Å². The fraction of sp³-hybridized carbons (Fsp3) is 0.0667. The molecule has 40 heavy (non-hydrogen) atoms. The minimum absolute atomic E-state index is 0.00950. The van der Waals surface area contributed by atoms with Gasteiger partial charge in [0.05, 0.1) is 29.5 Å². The van der Waals surface area contributed by atoms with E-state index in [-0.39, 0.29) is 34.0 Å². The number of carbonyl (C=O) groups excluding carboxylic acids is 2. The third-order valence-electron chi connectivity index (χ3n) is 6.95. The van der Waals surface area contributed by atoms with Crippen LogP contribution in [0.15, 0.2) is 77.2 Å². The fourth-order valence-electron chi connectivity index (χ4n) is 4.91. The summed E-state index contributed by atoms with van der Waals surface area (Å²) in [5, 5.41) is 9.32. The number of fused-ring (bicyclic) bond motifs is 3. The Kier molecular flexibility index (Phi) is 5.19. The molecule has 196 valence electrons. The normalized spacial score (nSPS) is 13.9. The van der Waals surface area contributed by atoms with Crippen molar-refractivity contribution in [2.24, 2.45) is 0 Å². The molecule has 0 aliphatic carbocycles. The predicted molar refractivity (Wildman–Crippen MR) is 141 cm³/mol. The van der Waals surface area contributed by atoms with E-state index in [1.54, 1.807) is 18.2 Å². The van der Waals surface area contributed by atoms with Crippen molar-refractivity contribution >= 4 is 34.6 Å². The van der Waals surface area contributed by atoms with Gasteiger partial charge in [0.1, 0.15) is 17.9 Å². The van der Waals surface area contributed by atoms with Crippen LogP contribution < -0.4 is 14.5 Å². The van der Waals surface area contributed by atoms with Gasteiger partial charge < -0.3 is 19.1 Å². The van der Waals surface area contributed by atoms with Crippen molar-refractivity contribution in [3.8, 4) is 34.1 Å². The second kappa shape index (κ2) is 8.79. The number of carboxylic acids is 1. The van der Waals surface area contributed by atoms with Crippen molar-refractivity contribution in [1.29, 1.82) is 0 Å². The lowest BCUT2D eigenvalue weighted by Crippen LogP contribution is -2.29. The van der Waals surface area contributed by atoms with E-state index < -0.39 is 17.8 Å². The van der Waals surface area contributed by atoms with Gasteiger partial charge in [0.15, 0.2) is 11.3 Å². The van der Waals surface area contributed by atoms with E-state index in [2.05, 4.69) is 4.98 Å². The molecule has 0 atom stereocenters. The summed E-state index contributed by atoms with van der Waals surface area (Å²) < 4.78 is 11.5. The van der Waals surface area contributed by atoms with E-state index in [4.69, 9.17) is 18.9 Å². The number of nitrogens with zero attached hydrogens (tertiary/aromatic N) is 2. The Morgan fingerprint density at radius 1 is 0.900 bits per heavy atom. The second-order valence-corrected chi connectivity index (χ2v) is 9.27. The largest absolute Gasteiger partial charge is 0.495 e. The summed E-state index contributed by atoms with van der Waals surface area (Å²) in [5.41, 5.74) is 4.72. The minimum Gasteiger partial charge on any atom is -0.495 e. The number of oxazole rings is 1. The number of aromatic carboxylic acids is 1. The Morgan fingerprint density at radius 3 is 2.50 bits per heavy atom. The van der Waals surface area contributed by atoms with Crippen molar-refractivity contribution < 1.29 is 38.4 Å². The van der Waals surface area contributed by atoms with Crippen molar-refractivity contribution in [3.63, 3.8) is 0 Å². The number of benzene rings is 4. The van der Waals surface area contributed by atoms with Crippen LogP contribution in [0.2, 0.25) is 0 Å². The molecule has 1 N–H and O–H groups in total. The van der Waals surface area contributed by atoms with E-state index in [9.17, 15) is 19.5 Å². The first-order chi connectivity index (χ1) is 19.4. The summed E-state index contributed by atoms with van der Waals surface area (Å²) in [4.78, 5) is 53.8. The van der Waals surface area contributed by atoms with Gasteiger partial charge in [-0.2, -0.15) is 4.89 Å². The third-order valence-corrected chi connectivity index (χ3v) is 6.95. The molecule has 0 fully saturated rings. The average Bonchev–Trinajstić information content (AvgIpc) is 3.68. The number of hydrogen-bond acceptors (Lipinski definition) is 8. The quantitative estimate of drug-likeness (QED) is 0.230. The molecule has 0 unspecified atom stereocenters. The van der Waals surface area contributed by atoms with E-state index >= 15 is 0 Å². The number of rotatable bonds is 5. The molecule has 10 nitrogen and oxygen atoms in total. The summed E-state index contributed by atoms with van der Waals surface area (Å²) in [7, 11) is 1.43. The summed E-state index contributed by atoms with van der Waals surface area (Å²) in [6.07, 6.45) is 0. The monoisotopic (exact) mass is 534 g/mol. The van der Waals surface area contributed by atoms with Crippen molar-refractivity contribution in [2.45, 2.75) is 6.61 Å². The molecular formula is C30H18N2O8. The zero-order valence-electron chi connectivity index (χ0n) is 20.8. The molecule has 7 rings (SSSR count). The summed E-state index contributed by atoms with van der Waals surface area (Å²) in [5.74, 6) is -1.19. The zero-order valence-corrected chi connectivity index (χ0v) is 20.8. The molecule has 10 heteroatoms. The Morgan fingerprint density at radius 2 is 1.68 bits per heavy atom. The van der Waals surface area contributed by atoms with Gasteiger partial charge in [-0.25, -0.2) is 14.7 Å². The van der Waals surface area contributed by atoms with Crippen LogP contribution >= 0.6 is 0 Å². The van der Waals surface area contributed by atoms with Gasteiger partial charge >= 0.3 is 5.97 Å². The maximum Gasteiger partial charge on any atom is 0.335 e. The van der Waals surface area contributed by atoms with Crippen molar-refractivity contribution in [3.05, 3.63) is 95.1 Å². The predicted octanol–water partition coefficient (Wildman–Crippen LogP) is 5.49. The molecule has 2 aliphatic rings. The van der Waals surface area contributed by atoms with Crippen LogP contribution in [0.4, 0.5) is 5.69 Å². The molecule has 0 bridgehead atoms. The molecule has 5 aromatic rings. The third kappa shape index (κ3) is 3.62. The molecule has 2 amide bonds. The number of amides is 2. The summed E-state index contributed by atoms with van der Waals surface area (Å²) in [6, 6.07) is 20.2. The summed E-state index contributed by atoms with van der Waals surface area (Å²) in [6.45, 7) is 0.412. The molecule has 3 heterocycles. The topological polar surface area (TPSA) is 128 Å². The van der Waals surface area contributed by atoms with Crippen LogP contribution in [-0.2, 0) is 11.5 Å². The number of aromatic nitrogens is 1. The van der Waals surface area contributed by atoms with Gasteiger partial charge in [0.25, 0.3) is 11.8 Å². The van der Waals surface area contributed by atoms with Crippen LogP contribution in [0, 0.1) is 0 Å². The van der Waals surface area contributed by atoms with Gasteiger partial charge in [-0.15, -0.1) is 0 Å². The van der Waals surface area contributed by atoms with Gasteiger partial charge in [0.2, 0.25) is 5.89 Å². The molecular weight excluding hydrogens is 516 g/mol. The van der Waals surface area contributed by atoms with Gasteiger partial charge in [0, 0.05) is 11.1 Å². The Bertz CT molecular complexity index is 1910.